The minimum atomic E-state index is -4.66. The Labute approximate surface area is 71.4 Å². The van der Waals surface area contributed by atoms with Crippen molar-refractivity contribution in [1.29, 1.82) is 0 Å². The van der Waals surface area contributed by atoms with Gasteiger partial charge in [-0.1, -0.05) is 0 Å². The van der Waals surface area contributed by atoms with Crippen LogP contribution in [0.3, 0.4) is 0 Å². The lowest BCUT2D eigenvalue weighted by Crippen LogP contribution is -2.61. The van der Waals surface area contributed by atoms with Crippen molar-refractivity contribution in [3.63, 3.8) is 0 Å². The second-order valence-electron chi connectivity index (χ2n) is 1.77. The lowest BCUT2D eigenvalue weighted by Gasteiger charge is -2.10. The van der Waals surface area contributed by atoms with E-state index in [1.165, 1.54) is 0 Å². The Bertz CT molecular complexity index is 141. The van der Waals surface area contributed by atoms with Gasteiger partial charge in [0.05, 0.1) is 13.0 Å². The molecule has 72 valence electrons. The molecule has 0 saturated heterocycles. The molecule has 0 aromatic carbocycles. The van der Waals surface area contributed by atoms with Crippen molar-refractivity contribution in [2.45, 2.75) is 13.3 Å². The highest BCUT2D eigenvalue weighted by Gasteiger charge is 2.24. The average Bonchev–Trinajstić information content (AvgIpc) is 1.84. The van der Waals surface area contributed by atoms with E-state index in [1.54, 1.807) is 6.92 Å². The standard InChI is InChI=1S/C5H9ClO6/c1-2-11-4-3-5(7)12-6(8,9)10/h2-4H2,1H3. The topological polar surface area (TPSA) is 105 Å². The zero-order valence-electron chi connectivity index (χ0n) is 6.45. The van der Waals surface area contributed by atoms with E-state index in [2.05, 4.69) is 4.29 Å². The van der Waals surface area contributed by atoms with Gasteiger partial charge in [0.1, 0.15) is 10.2 Å². The molecule has 0 N–H and O–H groups in total. The molecule has 0 saturated carbocycles. The van der Waals surface area contributed by atoms with Crippen LogP contribution < -0.4 is 14.0 Å². The molecule has 0 aliphatic heterocycles. The average molecular weight is 201 g/mol. The van der Waals surface area contributed by atoms with Crippen LogP contribution in [0.15, 0.2) is 0 Å². The van der Waals surface area contributed by atoms with Crippen LogP contribution in [0.25, 0.3) is 0 Å². The lowest BCUT2D eigenvalue weighted by atomic mass is 10.5. The number of ether oxygens (including phenoxy) is 1. The summed E-state index contributed by atoms with van der Waals surface area (Å²) in [5.74, 6) is -1.11. The van der Waals surface area contributed by atoms with Crippen LogP contribution in [0, 0.1) is 10.2 Å². The molecule has 6 nitrogen and oxygen atoms in total. The number of carbonyl (C=O) groups is 1. The first-order valence-electron chi connectivity index (χ1n) is 3.16. The first-order valence-corrected chi connectivity index (χ1v) is 4.40. The molecule has 0 atom stereocenters. The Morgan fingerprint density at radius 1 is 1.42 bits per heavy atom. The Hall–Kier alpha value is -0.400. The second kappa shape index (κ2) is 5.28. The van der Waals surface area contributed by atoms with Crippen molar-refractivity contribution in [1.82, 2.24) is 0 Å². The Morgan fingerprint density at radius 2 is 2.00 bits per heavy atom. The quantitative estimate of drug-likeness (QED) is 0.434. The van der Waals surface area contributed by atoms with Gasteiger partial charge in [-0.25, -0.2) is 4.79 Å². The van der Waals surface area contributed by atoms with Crippen LogP contribution in [-0.4, -0.2) is 19.2 Å². The summed E-state index contributed by atoms with van der Waals surface area (Å²) in [6.07, 6.45) is -0.248. The zero-order valence-corrected chi connectivity index (χ0v) is 7.20. The van der Waals surface area contributed by atoms with Gasteiger partial charge < -0.3 is 4.74 Å². The van der Waals surface area contributed by atoms with E-state index < -0.39 is 16.2 Å². The van der Waals surface area contributed by atoms with Crippen LogP contribution >= 0.6 is 0 Å². The molecule has 0 aromatic rings. The van der Waals surface area contributed by atoms with Crippen molar-refractivity contribution in [3.8, 4) is 0 Å². The van der Waals surface area contributed by atoms with Gasteiger partial charge in [0.25, 0.3) is 0 Å². The van der Waals surface area contributed by atoms with Gasteiger partial charge in [-0.3, -0.25) is 0 Å². The van der Waals surface area contributed by atoms with Crippen molar-refractivity contribution in [2.24, 2.45) is 0 Å². The fourth-order valence-corrected chi connectivity index (χ4v) is 0.732. The predicted molar refractivity (Wildman–Crippen MR) is 27.2 cm³/mol. The molecule has 7 heteroatoms. The van der Waals surface area contributed by atoms with Gasteiger partial charge in [0.2, 0.25) is 0 Å². The maximum absolute atomic E-state index is 10.4. The maximum Gasteiger partial charge on any atom is 0.465 e. The van der Waals surface area contributed by atoms with E-state index in [4.69, 9.17) is 4.74 Å². The number of halogens is 1. The third kappa shape index (κ3) is 7.70. The number of carbonyl (C=O) groups excluding carboxylic acids is 1. The SMILES string of the molecule is CCOCCC(=O)O[Cl+3]([O-])([O-])[O-]. The molecule has 0 fully saturated rings. The molecule has 0 radical (unpaired) electrons. The zero-order chi connectivity index (χ0) is 9.61. The summed E-state index contributed by atoms with van der Waals surface area (Å²) in [6, 6.07) is 0. The highest BCUT2D eigenvalue weighted by Crippen LogP contribution is 1.94. The summed E-state index contributed by atoms with van der Waals surface area (Å²) in [6.45, 7) is 2.17. The Morgan fingerprint density at radius 3 is 2.42 bits per heavy atom. The minimum Gasteiger partial charge on any atom is -0.381 e. The van der Waals surface area contributed by atoms with E-state index >= 15 is 0 Å². The summed E-state index contributed by atoms with van der Waals surface area (Å²) in [4.78, 5) is 10.4. The minimum absolute atomic E-state index is 0.0420. The van der Waals surface area contributed by atoms with Crippen LogP contribution in [0.5, 0.6) is 0 Å². The number of hydrogen-bond donors (Lipinski definition) is 0. The molecule has 0 aliphatic carbocycles. The largest absolute Gasteiger partial charge is 0.465 e. The third-order valence-electron chi connectivity index (χ3n) is 0.835. The molecule has 0 rings (SSSR count). The third-order valence-corrected chi connectivity index (χ3v) is 1.20. The monoisotopic (exact) mass is 200 g/mol. The smallest absolute Gasteiger partial charge is 0.381 e. The molecule has 12 heavy (non-hydrogen) atoms. The molecular weight excluding hydrogens is 192 g/mol. The van der Waals surface area contributed by atoms with Crippen LogP contribution in [-0.2, 0) is 13.8 Å². The predicted octanol–water partition coefficient (Wildman–Crippen LogP) is -3.15. The Balaban J connectivity index is 3.47. The summed E-state index contributed by atoms with van der Waals surface area (Å²) < 4.78 is 37.6. The van der Waals surface area contributed by atoms with Crippen molar-refractivity contribution < 1.29 is 38.0 Å². The summed E-state index contributed by atoms with van der Waals surface area (Å²) >= 11 is 0. The first-order chi connectivity index (χ1) is 5.45. The molecule has 0 bridgehead atoms. The highest BCUT2D eigenvalue weighted by atomic mass is 35.7. The Kier molecular flexibility index (Phi) is 5.11. The summed E-state index contributed by atoms with van der Waals surface area (Å²) in [5.41, 5.74) is 0. The second-order valence-corrected chi connectivity index (χ2v) is 2.68. The highest BCUT2D eigenvalue weighted by molar-refractivity contribution is 5.68. The van der Waals surface area contributed by atoms with E-state index in [1.807, 2.05) is 0 Å². The van der Waals surface area contributed by atoms with E-state index in [9.17, 15) is 18.8 Å². The van der Waals surface area contributed by atoms with E-state index in [-0.39, 0.29) is 13.0 Å². The summed E-state index contributed by atoms with van der Waals surface area (Å²) in [5, 5.41) is 0. The van der Waals surface area contributed by atoms with E-state index in [0.29, 0.717) is 6.61 Å². The molecular formula is C5H9ClO6. The lowest BCUT2D eigenvalue weighted by molar-refractivity contribution is -1.92. The number of hydrogen-bond acceptors (Lipinski definition) is 6. The molecule has 0 amide bonds. The molecule has 0 heterocycles. The first kappa shape index (κ1) is 11.6. The molecule has 0 aromatic heterocycles. The van der Waals surface area contributed by atoms with Crippen molar-refractivity contribution in [2.75, 3.05) is 13.2 Å². The van der Waals surface area contributed by atoms with Crippen LogP contribution in [0.4, 0.5) is 0 Å². The van der Waals surface area contributed by atoms with Gasteiger partial charge in [0.15, 0.2) is 0 Å². The number of rotatable bonds is 5. The molecule has 0 aliphatic rings. The van der Waals surface area contributed by atoms with Crippen LogP contribution in [0.2, 0.25) is 0 Å². The fourth-order valence-electron chi connectivity index (χ4n) is 0.444. The van der Waals surface area contributed by atoms with Gasteiger partial charge in [0, 0.05) is 6.61 Å². The summed E-state index contributed by atoms with van der Waals surface area (Å²) in [7, 11) is -4.66. The van der Waals surface area contributed by atoms with Crippen LogP contribution in [0.1, 0.15) is 13.3 Å². The normalized spacial score (nSPS) is 11.3. The molecule has 0 unspecified atom stereocenters. The maximum atomic E-state index is 10.4. The fraction of sp³-hybridized carbons (Fsp3) is 0.800. The molecule has 0 spiro atoms. The van der Waals surface area contributed by atoms with Gasteiger partial charge in [-0.2, -0.15) is 14.0 Å². The van der Waals surface area contributed by atoms with Gasteiger partial charge in [-0.05, 0) is 11.2 Å². The van der Waals surface area contributed by atoms with Crippen molar-refractivity contribution >= 4 is 5.97 Å². The van der Waals surface area contributed by atoms with Gasteiger partial charge in [-0.15, -0.1) is 0 Å². The van der Waals surface area contributed by atoms with E-state index in [0.717, 1.165) is 0 Å². The van der Waals surface area contributed by atoms with Gasteiger partial charge >= 0.3 is 5.97 Å². The van der Waals surface area contributed by atoms with Crippen molar-refractivity contribution in [3.05, 3.63) is 0 Å².